The van der Waals surface area contributed by atoms with Gasteiger partial charge in [0, 0.05) is 59.1 Å². The predicted molar refractivity (Wildman–Crippen MR) is 132 cm³/mol. The molecule has 1 fully saturated rings. The van der Waals surface area contributed by atoms with Crippen molar-refractivity contribution in [3.63, 3.8) is 0 Å². The van der Waals surface area contributed by atoms with Gasteiger partial charge in [-0.1, -0.05) is 38.1 Å². The Kier molecular flexibility index (Phi) is 10.3. The fraction of sp³-hybridized carbons (Fsp3) is 0.731. The lowest BCUT2D eigenvalue weighted by Gasteiger charge is -2.38. The minimum Gasteiger partial charge on any atom is -0.385 e. The maximum absolute atomic E-state index is 6.04. The number of nitrogens with zero attached hydrogens (tertiary/aromatic N) is 3. The summed E-state index contributed by atoms with van der Waals surface area (Å²) in [5.41, 5.74) is 2.99. The molecule has 0 radical (unpaired) electrons. The van der Waals surface area contributed by atoms with E-state index in [-0.39, 0.29) is 0 Å². The number of rotatable bonds is 10. The van der Waals surface area contributed by atoms with Gasteiger partial charge in [-0.3, -0.25) is 9.89 Å². The Hall–Kier alpha value is -1.63. The highest BCUT2D eigenvalue weighted by atomic mass is 16.5. The van der Waals surface area contributed by atoms with Gasteiger partial charge >= 0.3 is 0 Å². The van der Waals surface area contributed by atoms with Gasteiger partial charge in [-0.2, -0.15) is 0 Å². The highest BCUT2D eigenvalue weighted by molar-refractivity contribution is 5.80. The van der Waals surface area contributed by atoms with Gasteiger partial charge in [-0.25, -0.2) is 0 Å². The number of fused-ring (bicyclic) bond motifs is 1. The van der Waals surface area contributed by atoms with Gasteiger partial charge in [-0.15, -0.1) is 0 Å². The van der Waals surface area contributed by atoms with E-state index in [1.807, 2.05) is 0 Å². The van der Waals surface area contributed by atoms with E-state index in [0.29, 0.717) is 18.1 Å². The molecule has 2 aliphatic rings. The van der Waals surface area contributed by atoms with Crippen molar-refractivity contribution in [2.45, 2.75) is 65.1 Å². The summed E-state index contributed by atoms with van der Waals surface area (Å²) in [6.07, 6.45) is 4.60. The van der Waals surface area contributed by atoms with Crippen molar-refractivity contribution in [2.75, 3.05) is 53.0 Å². The topological polar surface area (TPSA) is 49.3 Å². The summed E-state index contributed by atoms with van der Waals surface area (Å²) in [7, 11) is 1.74. The molecule has 3 rings (SSSR count). The van der Waals surface area contributed by atoms with Crippen LogP contribution in [0.4, 0.5) is 0 Å². The maximum atomic E-state index is 6.04. The molecule has 0 saturated carbocycles. The molecule has 1 aromatic carbocycles. The second-order valence-electron chi connectivity index (χ2n) is 9.40. The lowest BCUT2D eigenvalue weighted by Crippen LogP contribution is -2.48. The van der Waals surface area contributed by atoms with Gasteiger partial charge in [0.15, 0.2) is 5.96 Å². The minimum atomic E-state index is 0.364. The van der Waals surface area contributed by atoms with E-state index in [1.54, 1.807) is 7.11 Å². The van der Waals surface area contributed by atoms with Crippen molar-refractivity contribution in [3.8, 4) is 0 Å². The predicted octanol–water partition coefficient (Wildman–Crippen LogP) is 3.55. The number of aliphatic imine (C=N–C) groups is 1. The molecule has 0 aromatic heterocycles. The monoisotopic (exact) mass is 444 g/mol. The zero-order valence-electron chi connectivity index (χ0n) is 20.7. The summed E-state index contributed by atoms with van der Waals surface area (Å²) >= 11 is 0. The van der Waals surface area contributed by atoms with Gasteiger partial charge in [0.05, 0.1) is 12.6 Å². The summed E-state index contributed by atoms with van der Waals surface area (Å²) < 4.78 is 11.2. The normalized spacial score (nSPS) is 19.3. The van der Waals surface area contributed by atoms with Crippen LogP contribution in [0.2, 0.25) is 0 Å². The number of hydrogen-bond donors (Lipinski definition) is 1. The van der Waals surface area contributed by atoms with Crippen molar-refractivity contribution in [3.05, 3.63) is 35.4 Å². The molecule has 0 spiro atoms. The van der Waals surface area contributed by atoms with Crippen LogP contribution in [0.15, 0.2) is 29.3 Å². The molecule has 1 aromatic rings. The van der Waals surface area contributed by atoms with E-state index in [0.717, 1.165) is 84.1 Å². The molecule has 0 aliphatic carbocycles. The first kappa shape index (κ1) is 25.0. The van der Waals surface area contributed by atoms with Crippen LogP contribution in [0.1, 0.15) is 51.2 Å². The van der Waals surface area contributed by atoms with Gasteiger partial charge in [-0.05, 0) is 49.7 Å². The lowest BCUT2D eigenvalue weighted by atomic mass is 9.95. The first-order chi connectivity index (χ1) is 15.6. The fourth-order valence-corrected chi connectivity index (χ4v) is 4.84. The van der Waals surface area contributed by atoms with Crippen LogP contribution in [0.3, 0.4) is 0 Å². The molecule has 180 valence electrons. The van der Waals surface area contributed by atoms with E-state index in [9.17, 15) is 0 Å². The molecule has 2 heterocycles. The molecular formula is C26H44N4O2. The SMILES string of the molecule is CCNC(=NCC(C(C)C)N1CCc2ccccc2C1)N1CCC(OCCCOC)CC1. The number of nitrogens with one attached hydrogen (secondary N) is 1. The Balaban J connectivity index is 1.56. The van der Waals surface area contributed by atoms with Crippen LogP contribution >= 0.6 is 0 Å². The number of hydrogen-bond acceptors (Lipinski definition) is 4. The van der Waals surface area contributed by atoms with Crippen molar-refractivity contribution in [1.82, 2.24) is 15.1 Å². The first-order valence-electron chi connectivity index (χ1n) is 12.6. The molecule has 32 heavy (non-hydrogen) atoms. The molecule has 6 heteroatoms. The van der Waals surface area contributed by atoms with Crippen LogP contribution in [-0.2, 0) is 22.4 Å². The average Bonchev–Trinajstić information content (AvgIpc) is 2.81. The number of methoxy groups -OCH3 is 1. The van der Waals surface area contributed by atoms with Crippen molar-refractivity contribution in [1.29, 1.82) is 0 Å². The Morgan fingerprint density at radius 1 is 1.12 bits per heavy atom. The number of likely N-dealkylation sites (tertiary alicyclic amines) is 1. The van der Waals surface area contributed by atoms with Crippen LogP contribution in [-0.4, -0.2) is 81.0 Å². The highest BCUT2D eigenvalue weighted by Gasteiger charge is 2.27. The third-order valence-corrected chi connectivity index (χ3v) is 6.75. The molecular weight excluding hydrogens is 400 g/mol. The molecule has 1 saturated heterocycles. The summed E-state index contributed by atoms with van der Waals surface area (Å²) in [6.45, 7) is 14.3. The van der Waals surface area contributed by atoms with E-state index >= 15 is 0 Å². The zero-order valence-corrected chi connectivity index (χ0v) is 20.7. The second-order valence-corrected chi connectivity index (χ2v) is 9.40. The van der Waals surface area contributed by atoms with Crippen molar-refractivity contribution in [2.24, 2.45) is 10.9 Å². The number of benzene rings is 1. The van der Waals surface area contributed by atoms with E-state index in [4.69, 9.17) is 14.5 Å². The van der Waals surface area contributed by atoms with Crippen molar-refractivity contribution >= 4 is 5.96 Å². The maximum Gasteiger partial charge on any atom is 0.193 e. The molecule has 1 N–H and O–H groups in total. The molecule has 2 aliphatic heterocycles. The summed E-state index contributed by atoms with van der Waals surface area (Å²) in [5, 5.41) is 3.54. The van der Waals surface area contributed by atoms with Gasteiger partial charge in [0.1, 0.15) is 0 Å². The molecule has 0 amide bonds. The Morgan fingerprint density at radius 2 is 1.88 bits per heavy atom. The smallest absolute Gasteiger partial charge is 0.193 e. The summed E-state index contributed by atoms with van der Waals surface area (Å²) in [5.74, 6) is 1.63. The van der Waals surface area contributed by atoms with Crippen molar-refractivity contribution < 1.29 is 9.47 Å². The fourth-order valence-electron chi connectivity index (χ4n) is 4.84. The Labute approximate surface area is 195 Å². The molecule has 6 nitrogen and oxygen atoms in total. The van der Waals surface area contributed by atoms with Gasteiger partial charge in [0.2, 0.25) is 0 Å². The zero-order chi connectivity index (χ0) is 22.8. The highest BCUT2D eigenvalue weighted by Crippen LogP contribution is 2.23. The molecule has 1 atom stereocenters. The number of ether oxygens (including phenoxy) is 2. The van der Waals surface area contributed by atoms with Crippen LogP contribution < -0.4 is 5.32 Å². The minimum absolute atomic E-state index is 0.364. The Morgan fingerprint density at radius 3 is 2.56 bits per heavy atom. The van der Waals surface area contributed by atoms with Gasteiger partial charge in [0.25, 0.3) is 0 Å². The Bertz CT molecular complexity index is 701. The standard InChI is InChI=1S/C26H44N4O2/c1-5-27-26(29-15-12-24(13-16-29)32-18-8-17-31-4)28-19-25(21(2)3)30-14-11-22-9-6-7-10-23(22)20-30/h6-7,9-10,21,24-25H,5,8,11-20H2,1-4H3,(H,27,28). The van der Waals surface area contributed by atoms with Crippen LogP contribution in [0.5, 0.6) is 0 Å². The third kappa shape index (κ3) is 7.19. The van der Waals surface area contributed by atoms with Crippen LogP contribution in [0.25, 0.3) is 0 Å². The van der Waals surface area contributed by atoms with Crippen LogP contribution in [0, 0.1) is 5.92 Å². The van der Waals surface area contributed by atoms with E-state index in [2.05, 4.69) is 60.2 Å². The lowest BCUT2D eigenvalue weighted by molar-refractivity contribution is 0.00987. The number of piperidine rings is 1. The molecule has 1 unspecified atom stereocenters. The first-order valence-corrected chi connectivity index (χ1v) is 12.6. The largest absolute Gasteiger partial charge is 0.385 e. The number of guanidine groups is 1. The van der Waals surface area contributed by atoms with E-state index in [1.165, 1.54) is 11.1 Å². The van der Waals surface area contributed by atoms with E-state index < -0.39 is 0 Å². The molecule has 0 bridgehead atoms. The summed E-state index contributed by atoms with van der Waals surface area (Å²) in [4.78, 5) is 10.2. The average molecular weight is 445 g/mol. The summed E-state index contributed by atoms with van der Waals surface area (Å²) in [6, 6.07) is 9.35. The van der Waals surface area contributed by atoms with Gasteiger partial charge < -0.3 is 19.7 Å². The quantitative estimate of drug-likeness (QED) is 0.340. The third-order valence-electron chi connectivity index (χ3n) is 6.75. The second kappa shape index (κ2) is 13.2.